The summed E-state index contributed by atoms with van der Waals surface area (Å²) in [5, 5.41) is 3.72. The maximum Gasteiger partial charge on any atom is 0.00925 e. The van der Waals surface area contributed by atoms with E-state index in [9.17, 15) is 0 Å². The molecule has 2 atom stereocenters. The first-order valence-corrected chi connectivity index (χ1v) is 7.75. The van der Waals surface area contributed by atoms with Gasteiger partial charge in [-0.2, -0.15) is 0 Å². The highest BCUT2D eigenvalue weighted by atomic mass is 15.2. The SMILES string of the molecule is CC1CCCN(CCCNC2CCCC2)C1C. The van der Waals surface area contributed by atoms with Crippen LogP contribution < -0.4 is 5.32 Å². The van der Waals surface area contributed by atoms with Crippen LogP contribution in [0, 0.1) is 5.92 Å². The highest BCUT2D eigenvalue weighted by molar-refractivity contribution is 4.79. The van der Waals surface area contributed by atoms with E-state index in [1.807, 2.05) is 0 Å². The smallest absolute Gasteiger partial charge is 0.00925 e. The number of hydrogen-bond acceptors (Lipinski definition) is 2. The molecule has 2 nitrogen and oxygen atoms in total. The molecule has 0 aromatic carbocycles. The van der Waals surface area contributed by atoms with Crippen LogP contribution in [0.1, 0.15) is 58.8 Å². The number of nitrogens with zero attached hydrogens (tertiary/aromatic N) is 1. The number of piperidine rings is 1. The molecule has 0 spiro atoms. The molecule has 0 aromatic heterocycles. The van der Waals surface area contributed by atoms with Crippen molar-refractivity contribution in [3.8, 4) is 0 Å². The van der Waals surface area contributed by atoms with Crippen LogP contribution in [0.15, 0.2) is 0 Å². The Balaban J connectivity index is 1.57. The molecule has 1 saturated heterocycles. The summed E-state index contributed by atoms with van der Waals surface area (Å²) in [6.45, 7) is 8.67. The first-order valence-electron chi connectivity index (χ1n) is 7.75. The lowest BCUT2D eigenvalue weighted by molar-refractivity contribution is 0.112. The Kier molecular flexibility index (Phi) is 5.30. The standard InChI is InChI=1S/C15H30N2/c1-13-7-5-11-17(14(13)2)12-6-10-16-15-8-3-4-9-15/h13-16H,3-12H2,1-2H3. The first kappa shape index (κ1) is 13.4. The summed E-state index contributed by atoms with van der Waals surface area (Å²) in [5.74, 6) is 0.895. The molecule has 1 saturated carbocycles. The van der Waals surface area contributed by atoms with E-state index in [1.54, 1.807) is 0 Å². The van der Waals surface area contributed by atoms with E-state index in [2.05, 4.69) is 24.1 Å². The van der Waals surface area contributed by atoms with Gasteiger partial charge in [0.05, 0.1) is 0 Å². The van der Waals surface area contributed by atoms with Crippen molar-refractivity contribution in [3.05, 3.63) is 0 Å². The fraction of sp³-hybridized carbons (Fsp3) is 1.00. The molecule has 2 rings (SSSR count). The van der Waals surface area contributed by atoms with E-state index in [0.717, 1.165) is 18.0 Å². The summed E-state index contributed by atoms with van der Waals surface area (Å²) in [6, 6.07) is 1.64. The van der Waals surface area contributed by atoms with Crippen molar-refractivity contribution in [1.82, 2.24) is 10.2 Å². The second-order valence-electron chi connectivity index (χ2n) is 6.19. The Bertz CT molecular complexity index is 211. The minimum absolute atomic E-state index is 0.801. The predicted octanol–water partition coefficient (Wildman–Crippen LogP) is 3.03. The van der Waals surface area contributed by atoms with Gasteiger partial charge in [0.2, 0.25) is 0 Å². The molecule has 1 N–H and O–H groups in total. The summed E-state index contributed by atoms with van der Waals surface area (Å²) in [7, 11) is 0. The van der Waals surface area contributed by atoms with Gasteiger partial charge in [-0.25, -0.2) is 0 Å². The lowest BCUT2D eigenvalue weighted by Crippen LogP contribution is -2.43. The van der Waals surface area contributed by atoms with Crippen molar-refractivity contribution in [3.63, 3.8) is 0 Å². The van der Waals surface area contributed by atoms with Crippen LogP contribution in [0.4, 0.5) is 0 Å². The summed E-state index contributed by atoms with van der Waals surface area (Å²) >= 11 is 0. The van der Waals surface area contributed by atoms with Crippen molar-refractivity contribution in [2.45, 2.75) is 70.9 Å². The van der Waals surface area contributed by atoms with Crippen molar-refractivity contribution >= 4 is 0 Å². The van der Waals surface area contributed by atoms with E-state index in [1.165, 1.54) is 64.6 Å². The first-order chi connectivity index (χ1) is 8.27. The highest BCUT2D eigenvalue weighted by Gasteiger charge is 2.23. The van der Waals surface area contributed by atoms with Gasteiger partial charge in [-0.15, -0.1) is 0 Å². The summed E-state index contributed by atoms with van der Waals surface area (Å²) < 4.78 is 0. The van der Waals surface area contributed by atoms with Crippen molar-refractivity contribution < 1.29 is 0 Å². The molecular weight excluding hydrogens is 208 g/mol. The van der Waals surface area contributed by atoms with Crippen LogP contribution in [0.25, 0.3) is 0 Å². The zero-order chi connectivity index (χ0) is 12.1. The molecule has 2 heteroatoms. The predicted molar refractivity (Wildman–Crippen MR) is 74.3 cm³/mol. The zero-order valence-electron chi connectivity index (χ0n) is 11.8. The molecule has 2 aliphatic rings. The monoisotopic (exact) mass is 238 g/mol. The van der Waals surface area contributed by atoms with Gasteiger partial charge >= 0.3 is 0 Å². The third-order valence-corrected chi connectivity index (χ3v) is 4.91. The van der Waals surface area contributed by atoms with Gasteiger partial charge in [-0.05, 0) is 64.6 Å². The van der Waals surface area contributed by atoms with Crippen LogP contribution in [-0.2, 0) is 0 Å². The normalized spacial score (nSPS) is 32.1. The molecule has 0 radical (unpaired) electrons. The van der Waals surface area contributed by atoms with E-state index < -0.39 is 0 Å². The van der Waals surface area contributed by atoms with Crippen LogP contribution in [-0.4, -0.2) is 36.6 Å². The van der Waals surface area contributed by atoms with Crippen LogP contribution in [0.3, 0.4) is 0 Å². The lowest BCUT2D eigenvalue weighted by atomic mass is 9.92. The molecule has 1 heterocycles. The van der Waals surface area contributed by atoms with Gasteiger partial charge in [0, 0.05) is 12.1 Å². The number of likely N-dealkylation sites (tertiary alicyclic amines) is 1. The fourth-order valence-electron chi connectivity index (χ4n) is 3.45. The lowest BCUT2D eigenvalue weighted by Gasteiger charge is -2.38. The quantitative estimate of drug-likeness (QED) is 0.741. The summed E-state index contributed by atoms with van der Waals surface area (Å²) in [5.41, 5.74) is 0. The van der Waals surface area contributed by atoms with Gasteiger partial charge in [-0.3, -0.25) is 0 Å². The third kappa shape index (κ3) is 3.96. The average Bonchev–Trinajstić information content (AvgIpc) is 2.83. The maximum atomic E-state index is 3.72. The Morgan fingerprint density at radius 2 is 1.82 bits per heavy atom. The molecule has 1 aliphatic carbocycles. The molecule has 0 aromatic rings. The highest BCUT2D eigenvalue weighted by Crippen LogP contribution is 2.22. The number of nitrogens with one attached hydrogen (secondary N) is 1. The number of rotatable bonds is 5. The van der Waals surface area contributed by atoms with E-state index in [4.69, 9.17) is 0 Å². The van der Waals surface area contributed by atoms with Gasteiger partial charge in [0.15, 0.2) is 0 Å². The fourth-order valence-corrected chi connectivity index (χ4v) is 3.45. The average molecular weight is 238 g/mol. The maximum absolute atomic E-state index is 3.72. The minimum Gasteiger partial charge on any atom is -0.314 e. The molecule has 1 aliphatic heterocycles. The van der Waals surface area contributed by atoms with Crippen molar-refractivity contribution in [2.24, 2.45) is 5.92 Å². The number of hydrogen-bond donors (Lipinski definition) is 1. The largest absolute Gasteiger partial charge is 0.314 e. The van der Waals surface area contributed by atoms with E-state index in [0.29, 0.717) is 0 Å². The molecule has 2 unspecified atom stereocenters. The Morgan fingerprint density at radius 1 is 1.06 bits per heavy atom. The summed E-state index contributed by atoms with van der Waals surface area (Å²) in [4.78, 5) is 2.70. The Morgan fingerprint density at radius 3 is 2.59 bits per heavy atom. The molecule has 0 amide bonds. The molecular formula is C15H30N2. The van der Waals surface area contributed by atoms with Crippen molar-refractivity contribution in [2.75, 3.05) is 19.6 Å². The van der Waals surface area contributed by atoms with Gasteiger partial charge < -0.3 is 10.2 Å². The Labute approximate surface area is 107 Å². The Hall–Kier alpha value is -0.0800. The van der Waals surface area contributed by atoms with Crippen LogP contribution >= 0.6 is 0 Å². The molecule has 0 bridgehead atoms. The van der Waals surface area contributed by atoms with Crippen LogP contribution in [0.2, 0.25) is 0 Å². The zero-order valence-corrected chi connectivity index (χ0v) is 11.8. The van der Waals surface area contributed by atoms with Gasteiger partial charge in [0.25, 0.3) is 0 Å². The van der Waals surface area contributed by atoms with Gasteiger partial charge in [0.1, 0.15) is 0 Å². The third-order valence-electron chi connectivity index (χ3n) is 4.91. The van der Waals surface area contributed by atoms with Crippen molar-refractivity contribution in [1.29, 1.82) is 0 Å². The second-order valence-corrected chi connectivity index (χ2v) is 6.19. The molecule has 2 fully saturated rings. The minimum atomic E-state index is 0.801. The second kappa shape index (κ2) is 6.75. The van der Waals surface area contributed by atoms with Gasteiger partial charge in [-0.1, -0.05) is 19.8 Å². The summed E-state index contributed by atoms with van der Waals surface area (Å²) in [6.07, 6.45) is 9.87. The molecule has 100 valence electrons. The van der Waals surface area contributed by atoms with E-state index in [-0.39, 0.29) is 0 Å². The van der Waals surface area contributed by atoms with E-state index >= 15 is 0 Å². The topological polar surface area (TPSA) is 15.3 Å². The van der Waals surface area contributed by atoms with Crippen LogP contribution in [0.5, 0.6) is 0 Å². The molecule has 17 heavy (non-hydrogen) atoms.